The van der Waals surface area contributed by atoms with Crippen LogP contribution in [0, 0.1) is 5.92 Å². The molecule has 0 aliphatic carbocycles. The zero-order valence-corrected chi connectivity index (χ0v) is 16.8. The molecule has 2 rings (SSSR count). The molecule has 2 aromatic carbocycles. The first-order chi connectivity index (χ1) is 13.1. The average molecular weight is 372 g/mol. The molecule has 2 aromatic rings. The van der Waals surface area contributed by atoms with Crippen molar-refractivity contribution in [2.75, 3.05) is 26.8 Å². The largest absolute Gasteiger partial charge is 0.497 e. The maximum absolute atomic E-state index is 10.4. The lowest BCUT2D eigenvalue weighted by Gasteiger charge is -2.26. The van der Waals surface area contributed by atoms with Crippen molar-refractivity contribution in [3.63, 3.8) is 0 Å². The quantitative estimate of drug-likeness (QED) is 0.609. The summed E-state index contributed by atoms with van der Waals surface area (Å²) in [4.78, 5) is 2.30. The lowest BCUT2D eigenvalue weighted by Crippen LogP contribution is -2.35. The second-order valence-corrected chi connectivity index (χ2v) is 7.42. The van der Waals surface area contributed by atoms with Gasteiger partial charge >= 0.3 is 0 Å². The molecule has 0 bridgehead atoms. The molecule has 0 fully saturated rings. The minimum absolute atomic E-state index is 0.343. The van der Waals surface area contributed by atoms with Crippen molar-refractivity contribution in [3.05, 3.63) is 65.7 Å². The maximum Gasteiger partial charge on any atom is 0.118 e. The summed E-state index contributed by atoms with van der Waals surface area (Å²) in [6.45, 7) is 7.70. The molecule has 0 amide bonds. The third-order valence-electron chi connectivity index (χ3n) is 4.48. The second-order valence-electron chi connectivity index (χ2n) is 7.42. The summed E-state index contributed by atoms with van der Waals surface area (Å²) in [5.41, 5.74) is 2.34. The number of hydrogen-bond donors (Lipinski definition) is 1. The van der Waals surface area contributed by atoms with Crippen LogP contribution in [0.25, 0.3) is 0 Å². The van der Waals surface area contributed by atoms with E-state index in [4.69, 9.17) is 9.47 Å². The van der Waals surface area contributed by atoms with Crippen molar-refractivity contribution in [3.8, 4) is 5.75 Å². The number of ether oxygens (including phenoxy) is 2. The number of nitrogens with zero attached hydrogens (tertiary/aromatic N) is 1. The van der Waals surface area contributed by atoms with Gasteiger partial charge in [0.05, 0.1) is 26.4 Å². The van der Waals surface area contributed by atoms with Gasteiger partial charge in [-0.05, 0) is 42.1 Å². The lowest BCUT2D eigenvalue weighted by molar-refractivity contribution is 0.00789. The molecule has 0 saturated heterocycles. The van der Waals surface area contributed by atoms with Gasteiger partial charge in [0.25, 0.3) is 0 Å². The van der Waals surface area contributed by atoms with Crippen molar-refractivity contribution >= 4 is 0 Å². The predicted octanol–water partition coefficient (Wildman–Crippen LogP) is 4.12. The first-order valence-corrected chi connectivity index (χ1v) is 9.72. The van der Waals surface area contributed by atoms with Gasteiger partial charge in [0, 0.05) is 13.1 Å². The fourth-order valence-corrected chi connectivity index (χ4v) is 2.90. The molecule has 0 heterocycles. The van der Waals surface area contributed by atoms with E-state index in [1.54, 1.807) is 7.11 Å². The number of aliphatic hydroxyl groups is 1. The molecule has 0 aliphatic heterocycles. The van der Waals surface area contributed by atoms with Crippen LogP contribution < -0.4 is 4.74 Å². The summed E-state index contributed by atoms with van der Waals surface area (Å²) in [7, 11) is 1.68. The highest BCUT2D eigenvalue weighted by Gasteiger charge is 2.13. The van der Waals surface area contributed by atoms with E-state index in [9.17, 15) is 5.11 Å². The Hall–Kier alpha value is -1.88. The molecular formula is C23H33NO3. The van der Waals surface area contributed by atoms with Crippen LogP contribution in [-0.4, -0.2) is 42.9 Å². The number of benzene rings is 2. The van der Waals surface area contributed by atoms with Crippen molar-refractivity contribution in [2.24, 2.45) is 5.92 Å². The van der Waals surface area contributed by atoms with Crippen LogP contribution in [0.15, 0.2) is 54.6 Å². The minimum Gasteiger partial charge on any atom is -0.497 e. The zero-order chi connectivity index (χ0) is 19.5. The van der Waals surface area contributed by atoms with E-state index in [0.717, 1.165) is 30.8 Å². The molecule has 0 spiro atoms. The standard InChI is InChI=1S/C23H33NO3/c1-19(2)13-14-24(15-20-9-11-23(26-3)12-10-20)16-22(25)18-27-17-21-7-5-4-6-8-21/h4-12,19,22,25H,13-18H2,1-3H3/t22-/m1/s1. The summed E-state index contributed by atoms with van der Waals surface area (Å²) >= 11 is 0. The van der Waals surface area contributed by atoms with Crippen molar-refractivity contribution in [1.29, 1.82) is 0 Å². The molecule has 148 valence electrons. The molecule has 0 aromatic heterocycles. The smallest absolute Gasteiger partial charge is 0.118 e. The van der Waals surface area contributed by atoms with E-state index in [-0.39, 0.29) is 0 Å². The lowest BCUT2D eigenvalue weighted by atomic mass is 10.1. The summed E-state index contributed by atoms with van der Waals surface area (Å²) < 4.78 is 10.9. The van der Waals surface area contributed by atoms with Gasteiger partial charge < -0.3 is 14.6 Å². The van der Waals surface area contributed by atoms with Crippen molar-refractivity contribution in [2.45, 2.75) is 39.5 Å². The fraction of sp³-hybridized carbons (Fsp3) is 0.478. The summed E-state index contributed by atoms with van der Waals surface area (Å²) in [6, 6.07) is 18.2. The number of hydrogen-bond acceptors (Lipinski definition) is 4. The number of methoxy groups -OCH3 is 1. The normalized spacial score (nSPS) is 12.5. The highest BCUT2D eigenvalue weighted by Crippen LogP contribution is 2.14. The number of rotatable bonds is 12. The topological polar surface area (TPSA) is 41.9 Å². The SMILES string of the molecule is COc1ccc(CN(CCC(C)C)C[C@@H](O)COCc2ccccc2)cc1. The summed E-state index contributed by atoms with van der Waals surface area (Å²) in [5.74, 6) is 1.50. The third kappa shape index (κ3) is 8.57. The molecule has 0 saturated carbocycles. The van der Waals surface area contributed by atoms with Crippen molar-refractivity contribution in [1.82, 2.24) is 4.90 Å². The van der Waals surface area contributed by atoms with Crippen LogP contribution in [0.1, 0.15) is 31.4 Å². The first kappa shape index (κ1) is 21.4. The monoisotopic (exact) mass is 371 g/mol. The summed E-state index contributed by atoms with van der Waals surface area (Å²) in [5, 5.41) is 10.4. The van der Waals surface area contributed by atoms with E-state index >= 15 is 0 Å². The van der Waals surface area contributed by atoms with E-state index in [2.05, 4.69) is 30.9 Å². The summed E-state index contributed by atoms with van der Waals surface area (Å²) in [6.07, 6.45) is 0.604. The van der Waals surface area contributed by atoms with E-state index in [0.29, 0.717) is 25.7 Å². The van der Waals surface area contributed by atoms with Gasteiger partial charge in [-0.25, -0.2) is 0 Å². The van der Waals surface area contributed by atoms with Gasteiger partial charge in [-0.1, -0.05) is 56.3 Å². The average Bonchev–Trinajstić information content (AvgIpc) is 2.67. The molecule has 0 radical (unpaired) electrons. The van der Waals surface area contributed by atoms with Crippen molar-refractivity contribution < 1.29 is 14.6 Å². The van der Waals surface area contributed by atoms with Gasteiger partial charge in [-0.15, -0.1) is 0 Å². The Morgan fingerprint density at radius 1 is 0.963 bits per heavy atom. The maximum atomic E-state index is 10.4. The molecule has 27 heavy (non-hydrogen) atoms. The van der Waals surface area contributed by atoms with Crippen LogP contribution in [0.3, 0.4) is 0 Å². The van der Waals surface area contributed by atoms with Crippen LogP contribution in [0.4, 0.5) is 0 Å². The Balaban J connectivity index is 1.84. The van der Waals surface area contributed by atoms with Crippen LogP contribution in [-0.2, 0) is 17.9 Å². The minimum atomic E-state index is -0.501. The second kappa shape index (κ2) is 11.8. The van der Waals surface area contributed by atoms with Gasteiger partial charge in [0.1, 0.15) is 5.75 Å². The highest BCUT2D eigenvalue weighted by molar-refractivity contribution is 5.27. The van der Waals surface area contributed by atoms with Crippen LogP contribution in [0.2, 0.25) is 0 Å². The molecule has 1 atom stereocenters. The van der Waals surface area contributed by atoms with E-state index < -0.39 is 6.10 Å². The molecule has 0 unspecified atom stereocenters. The Bertz CT molecular complexity index is 628. The van der Waals surface area contributed by atoms with Gasteiger partial charge in [0.15, 0.2) is 0 Å². The Kier molecular flexibility index (Phi) is 9.32. The predicted molar refractivity (Wildman–Crippen MR) is 110 cm³/mol. The Labute approximate surface area is 163 Å². The highest BCUT2D eigenvalue weighted by atomic mass is 16.5. The number of aliphatic hydroxyl groups excluding tert-OH is 1. The Morgan fingerprint density at radius 2 is 1.67 bits per heavy atom. The molecule has 4 heteroatoms. The third-order valence-corrected chi connectivity index (χ3v) is 4.48. The van der Waals surface area contributed by atoms with E-state index in [1.165, 1.54) is 5.56 Å². The molecular weight excluding hydrogens is 338 g/mol. The zero-order valence-electron chi connectivity index (χ0n) is 16.8. The molecule has 1 N–H and O–H groups in total. The van der Waals surface area contributed by atoms with Crippen LogP contribution in [0.5, 0.6) is 5.75 Å². The van der Waals surface area contributed by atoms with Crippen LogP contribution >= 0.6 is 0 Å². The van der Waals surface area contributed by atoms with Gasteiger partial charge in [0.2, 0.25) is 0 Å². The van der Waals surface area contributed by atoms with Gasteiger partial charge in [-0.2, -0.15) is 0 Å². The fourth-order valence-electron chi connectivity index (χ4n) is 2.90. The first-order valence-electron chi connectivity index (χ1n) is 9.72. The Morgan fingerprint density at radius 3 is 2.30 bits per heavy atom. The molecule has 0 aliphatic rings. The molecule has 4 nitrogen and oxygen atoms in total. The van der Waals surface area contributed by atoms with E-state index in [1.807, 2.05) is 42.5 Å². The van der Waals surface area contributed by atoms with Gasteiger partial charge in [-0.3, -0.25) is 4.90 Å².